The second-order valence-electron chi connectivity index (χ2n) is 4.58. The summed E-state index contributed by atoms with van der Waals surface area (Å²) < 4.78 is 0. The maximum absolute atomic E-state index is 12.1. The van der Waals surface area contributed by atoms with Crippen molar-refractivity contribution < 1.29 is 4.79 Å². The van der Waals surface area contributed by atoms with Crippen LogP contribution in [-0.4, -0.2) is 24.0 Å². The van der Waals surface area contributed by atoms with Crippen LogP contribution in [0.25, 0.3) is 0 Å². The summed E-state index contributed by atoms with van der Waals surface area (Å²) in [5, 5.41) is 6.17. The van der Waals surface area contributed by atoms with Gasteiger partial charge in [-0.15, -0.1) is 0 Å². The zero-order valence-electron chi connectivity index (χ0n) is 9.71. The van der Waals surface area contributed by atoms with E-state index in [1.165, 1.54) is 0 Å². The van der Waals surface area contributed by atoms with Gasteiger partial charge in [-0.2, -0.15) is 0 Å². The number of amides is 1. The highest BCUT2D eigenvalue weighted by Gasteiger charge is 2.36. The van der Waals surface area contributed by atoms with Gasteiger partial charge in [-0.1, -0.05) is 0 Å². The summed E-state index contributed by atoms with van der Waals surface area (Å²) in [4.78, 5) is 16.3. The molecule has 2 N–H and O–H groups in total. The molecule has 4 nitrogen and oxygen atoms in total. The first kappa shape index (κ1) is 11.1. The maximum Gasteiger partial charge on any atom is 0.231 e. The number of anilines is 1. The highest BCUT2D eigenvalue weighted by atomic mass is 16.2. The van der Waals surface area contributed by atoms with Crippen LogP contribution >= 0.6 is 0 Å². The van der Waals surface area contributed by atoms with Crippen LogP contribution in [0.2, 0.25) is 0 Å². The average Bonchev–Trinajstić information content (AvgIpc) is 2.70. The molecular weight excluding hydrogens is 202 g/mol. The molecule has 0 spiro atoms. The average molecular weight is 219 g/mol. The Bertz CT molecular complexity index is 397. The molecule has 1 saturated heterocycles. The second-order valence-corrected chi connectivity index (χ2v) is 4.58. The molecule has 4 heteroatoms. The first-order valence-electron chi connectivity index (χ1n) is 5.56. The molecule has 1 aliphatic heterocycles. The third-order valence-electron chi connectivity index (χ3n) is 3.17. The zero-order chi connectivity index (χ0) is 11.6. The number of pyridine rings is 1. The molecule has 2 rings (SSSR count). The monoisotopic (exact) mass is 219 g/mol. The van der Waals surface area contributed by atoms with E-state index in [-0.39, 0.29) is 11.3 Å². The van der Waals surface area contributed by atoms with Crippen molar-refractivity contribution in [3.63, 3.8) is 0 Å². The van der Waals surface area contributed by atoms with E-state index in [0.717, 1.165) is 30.9 Å². The number of nitrogens with zero attached hydrogens (tertiary/aromatic N) is 1. The molecule has 0 radical (unpaired) electrons. The summed E-state index contributed by atoms with van der Waals surface area (Å²) in [7, 11) is 0. The number of nitrogens with one attached hydrogen (secondary N) is 2. The van der Waals surface area contributed by atoms with Crippen molar-refractivity contribution in [3.8, 4) is 0 Å². The van der Waals surface area contributed by atoms with Gasteiger partial charge in [0.1, 0.15) is 0 Å². The fraction of sp³-hybridized carbons (Fsp3) is 0.500. The van der Waals surface area contributed by atoms with Gasteiger partial charge in [0.05, 0.1) is 16.8 Å². The molecule has 1 amide bonds. The van der Waals surface area contributed by atoms with Crippen LogP contribution in [0.3, 0.4) is 0 Å². The number of hydrogen-bond acceptors (Lipinski definition) is 3. The van der Waals surface area contributed by atoms with E-state index in [9.17, 15) is 4.79 Å². The van der Waals surface area contributed by atoms with Gasteiger partial charge in [-0.3, -0.25) is 9.78 Å². The predicted molar refractivity (Wildman–Crippen MR) is 63.2 cm³/mol. The molecule has 86 valence electrons. The van der Waals surface area contributed by atoms with Crippen LogP contribution < -0.4 is 10.6 Å². The highest BCUT2D eigenvalue weighted by Crippen LogP contribution is 2.26. The Kier molecular flexibility index (Phi) is 2.92. The standard InChI is InChI=1S/C12H17N3O/c1-9-10(4-3-6-14-9)15-11(16)12(2)5-7-13-8-12/h3-4,6,13H,5,7-8H2,1-2H3,(H,15,16). The molecule has 0 aliphatic carbocycles. The van der Waals surface area contributed by atoms with Crippen LogP contribution in [0.4, 0.5) is 5.69 Å². The van der Waals surface area contributed by atoms with Crippen molar-refractivity contribution in [2.24, 2.45) is 5.41 Å². The topological polar surface area (TPSA) is 54.0 Å². The summed E-state index contributed by atoms with van der Waals surface area (Å²) in [6, 6.07) is 3.71. The largest absolute Gasteiger partial charge is 0.324 e. The molecule has 16 heavy (non-hydrogen) atoms. The fourth-order valence-electron chi connectivity index (χ4n) is 1.90. The van der Waals surface area contributed by atoms with Gasteiger partial charge < -0.3 is 10.6 Å². The minimum Gasteiger partial charge on any atom is -0.324 e. The van der Waals surface area contributed by atoms with Crippen molar-refractivity contribution in [1.82, 2.24) is 10.3 Å². The number of hydrogen-bond donors (Lipinski definition) is 2. The molecule has 2 heterocycles. The summed E-state index contributed by atoms with van der Waals surface area (Å²) in [6.07, 6.45) is 2.61. The Hall–Kier alpha value is -1.42. The van der Waals surface area contributed by atoms with Gasteiger partial charge in [0, 0.05) is 12.7 Å². The van der Waals surface area contributed by atoms with Gasteiger partial charge >= 0.3 is 0 Å². The van der Waals surface area contributed by atoms with Crippen LogP contribution in [-0.2, 0) is 4.79 Å². The van der Waals surface area contributed by atoms with Gasteiger partial charge in [0.2, 0.25) is 5.91 Å². The lowest BCUT2D eigenvalue weighted by atomic mass is 9.88. The van der Waals surface area contributed by atoms with E-state index in [4.69, 9.17) is 0 Å². The van der Waals surface area contributed by atoms with Crippen LogP contribution in [0.15, 0.2) is 18.3 Å². The number of aromatic nitrogens is 1. The number of carbonyl (C=O) groups excluding carboxylic acids is 1. The molecular formula is C12H17N3O. The molecule has 1 atom stereocenters. The fourth-order valence-corrected chi connectivity index (χ4v) is 1.90. The molecule has 1 fully saturated rings. The number of aryl methyl sites for hydroxylation is 1. The lowest BCUT2D eigenvalue weighted by Crippen LogP contribution is -2.35. The van der Waals surface area contributed by atoms with E-state index < -0.39 is 0 Å². The highest BCUT2D eigenvalue weighted by molar-refractivity contribution is 5.95. The second kappa shape index (κ2) is 4.22. The van der Waals surface area contributed by atoms with E-state index >= 15 is 0 Å². The van der Waals surface area contributed by atoms with Crippen molar-refractivity contribution in [3.05, 3.63) is 24.0 Å². The predicted octanol–water partition coefficient (Wildman–Crippen LogP) is 1.33. The van der Waals surface area contributed by atoms with Crippen molar-refractivity contribution in [1.29, 1.82) is 0 Å². The minimum absolute atomic E-state index is 0.0774. The summed E-state index contributed by atoms with van der Waals surface area (Å²) in [5.41, 5.74) is 1.37. The van der Waals surface area contributed by atoms with E-state index in [0.29, 0.717) is 0 Å². The number of carbonyl (C=O) groups is 1. The molecule has 1 unspecified atom stereocenters. The quantitative estimate of drug-likeness (QED) is 0.789. The summed E-state index contributed by atoms with van der Waals surface area (Å²) in [6.45, 7) is 5.55. The van der Waals surface area contributed by atoms with Gasteiger partial charge in [-0.05, 0) is 38.9 Å². The van der Waals surface area contributed by atoms with Crippen molar-refractivity contribution in [2.75, 3.05) is 18.4 Å². The van der Waals surface area contributed by atoms with Gasteiger partial charge in [0.15, 0.2) is 0 Å². The van der Waals surface area contributed by atoms with E-state index in [1.54, 1.807) is 6.20 Å². The van der Waals surface area contributed by atoms with Crippen LogP contribution in [0, 0.1) is 12.3 Å². The lowest BCUT2D eigenvalue weighted by molar-refractivity contribution is -0.123. The molecule has 1 aromatic rings. The Morgan fingerprint density at radius 3 is 3.06 bits per heavy atom. The molecule has 1 aromatic heterocycles. The van der Waals surface area contributed by atoms with Crippen LogP contribution in [0.5, 0.6) is 0 Å². The van der Waals surface area contributed by atoms with E-state index in [1.807, 2.05) is 26.0 Å². The first-order chi connectivity index (χ1) is 7.62. The molecule has 0 aromatic carbocycles. The van der Waals surface area contributed by atoms with Gasteiger partial charge in [-0.25, -0.2) is 0 Å². The van der Waals surface area contributed by atoms with Crippen molar-refractivity contribution >= 4 is 11.6 Å². The molecule has 1 aliphatic rings. The smallest absolute Gasteiger partial charge is 0.231 e. The molecule has 0 bridgehead atoms. The summed E-state index contributed by atoms with van der Waals surface area (Å²) >= 11 is 0. The number of rotatable bonds is 2. The molecule has 0 saturated carbocycles. The lowest BCUT2D eigenvalue weighted by Gasteiger charge is -2.21. The Labute approximate surface area is 95.5 Å². The Balaban J connectivity index is 2.10. The van der Waals surface area contributed by atoms with Gasteiger partial charge in [0.25, 0.3) is 0 Å². The third-order valence-corrected chi connectivity index (χ3v) is 3.17. The Morgan fingerprint density at radius 1 is 1.62 bits per heavy atom. The maximum atomic E-state index is 12.1. The normalized spacial score (nSPS) is 24.4. The van der Waals surface area contributed by atoms with Crippen LogP contribution in [0.1, 0.15) is 19.0 Å². The summed E-state index contributed by atoms with van der Waals surface area (Å²) in [5.74, 6) is 0.0774. The SMILES string of the molecule is Cc1ncccc1NC(=O)C1(C)CCNC1. The first-order valence-corrected chi connectivity index (χ1v) is 5.56. The van der Waals surface area contributed by atoms with E-state index in [2.05, 4.69) is 15.6 Å². The Morgan fingerprint density at radius 2 is 2.44 bits per heavy atom. The van der Waals surface area contributed by atoms with Crippen molar-refractivity contribution in [2.45, 2.75) is 20.3 Å². The minimum atomic E-state index is -0.289. The third kappa shape index (κ3) is 2.07. The zero-order valence-corrected chi connectivity index (χ0v) is 9.71.